The first-order chi connectivity index (χ1) is 11.8. The zero-order valence-electron chi connectivity index (χ0n) is 14.3. The highest BCUT2D eigenvalue weighted by Crippen LogP contribution is 2.20. The van der Waals surface area contributed by atoms with Gasteiger partial charge < -0.3 is 15.4 Å². The predicted octanol–water partition coefficient (Wildman–Crippen LogP) is 0.706. The molecule has 8 nitrogen and oxygen atoms in total. The molecule has 1 aliphatic rings. The fourth-order valence-electron chi connectivity index (χ4n) is 2.58. The second-order valence-electron chi connectivity index (χ2n) is 5.86. The maximum absolute atomic E-state index is 12.0. The van der Waals surface area contributed by atoms with Crippen LogP contribution in [-0.2, 0) is 24.3 Å². The topological polar surface area (TPSA) is 105 Å². The average molecular weight is 369 g/mol. The van der Waals surface area contributed by atoms with Gasteiger partial charge in [0.2, 0.25) is 21.8 Å². The van der Waals surface area contributed by atoms with Crippen LogP contribution in [0.4, 0.5) is 11.4 Å². The van der Waals surface area contributed by atoms with E-state index in [1.165, 1.54) is 11.2 Å². The Labute approximate surface area is 147 Å². The Morgan fingerprint density at radius 2 is 1.96 bits per heavy atom. The third-order valence-electron chi connectivity index (χ3n) is 3.71. The van der Waals surface area contributed by atoms with Gasteiger partial charge >= 0.3 is 0 Å². The van der Waals surface area contributed by atoms with Crippen LogP contribution in [0.2, 0.25) is 0 Å². The van der Waals surface area contributed by atoms with E-state index in [9.17, 15) is 18.0 Å². The largest absolute Gasteiger partial charge is 0.368 e. The summed E-state index contributed by atoms with van der Waals surface area (Å²) in [6, 6.07) is 6.46. The van der Waals surface area contributed by atoms with Crippen molar-refractivity contribution in [2.75, 3.05) is 35.6 Å². The number of anilines is 2. The standard InChI is InChI=1S/C16H23N3O5S/c1-12(20)18-13-5-7-14(8-6-13)19(25(2,22)23)10-9-17-16(21)15-4-3-11-24-15/h5-8,15H,3-4,9-11H2,1-2H3,(H,17,21)(H,18,20). The molecule has 1 unspecified atom stereocenters. The molecule has 1 aromatic rings. The number of carbonyl (C=O) groups excluding carboxylic acids is 2. The lowest BCUT2D eigenvalue weighted by Gasteiger charge is -2.23. The van der Waals surface area contributed by atoms with Crippen molar-refractivity contribution < 1.29 is 22.7 Å². The minimum atomic E-state index is -3.51. The summed E-state index contributed by atoms with van der Waals surface area (Å²) in [6.45, 7) is 2.26. The Morgan fingerprint density at radius 3 is 2.48 bits per heavy atom. The maximum Gasteiger partial charge on any atom is 0.249 e. The monoisotopic (exact) mass is 369 g/mol. The van der Waals surface area contributed by atoms with Gasteiger partial charge in [-0.05, 0) is 37.1 Å². The third-order valence-corrected chi connectivity index (χ3v) is 4.91. The number of rotatable bonds is 7. The van der Waals surface area contributed by atoms with Crippen molar-refractivity contribution in [3.05, 3.63) is 24.3 Å². The van der Waals surface area contributed by atoms with E-state index in [1.807, 2.05) is 0 Å². The summed E-state index contributed by atoms with van der Waals surface area (Å²) in [5.41, 5.74) is 1.04. The van der Waals surface area contributed by atoms with E-state index in [0.717, 1.165) is 12.7 Å². The van der Waals surface area contributed by atoms with E-state index in [-0.39, 0.29) is 24.9 Å². The molecule has 2 amide bonds. The summed E-state index contributed by atoms with van der Waals surface area (Å²) < 4.78 is 30.6. The van der Waals surface area contributed by atoms with E-state index < -0.39 is 16.1 Å². The van der Waals surface area contributed by atoms with E-state index in [0.29, 0.717) is 24.4 Å². The Hall–Kier alpha value is -2.13. The normalized spacial score (nSPS) is 17.1. The first kappa shape index (κ1) is 19.2. The second-order valence-corrected chi connectivity index (χ2v) is 7.76. The Bertz CT molecular complexity index is 712. The zero-order valence-corrected chi connectivity index (χ0v) is 15.1. The molecule has 1 heterocycles. The van der Waals surface area contributed by atoms with E-state index in [2.05, 4.69) is 10.6 Å². The van der Waals surface area contributed by atoms with Crippen LogP contribution in [-0.4, -0.2) is 52.3 Å². The van der Waals surface area contributed by atoms with Gasteiger partial charge in [0.05, 0.1) is 18.5 Å². The molecule has 0 aromatic heterocycles. The number of ether oxygens (including phenoxy) is 1. The molecule has 0 radical (unpaired) electrons. The second kappa shape index (κ2) is 8.30. The molecule has 0 saturated carbocycles. The molecule has 0 spiro atoms. The van der Waals surface area contributed by atoms with Crippen LogP contribution in [0, 0.1) is 0 Å². The molecule has 1 atom stereocenters. The van der Waals surface area contributed by atoms with Crippen molar-refractivity contribution >= 4 is 33.2 Å². The molecular weight excluding hydrogens is 346 g/mol. The molecule has 1 fully saturated rings. The molecule has 1 aliphatic heterocycles. The quantitative estimate of drug-likeness (QED) is 0.736. The van der Waals surface area contributed by atoms with Crippen LogP contribution in [0.5, 0.6) is 0 Å². The van der Waals surface area contributed by atoms with Crippen LogP contribution >= 0.6 is 0 Å². The molecule has 1 saturated heterocycles. The number of benzene rings is 1. The van der Waals surface area contributed by atoms with Gasteiger partial charge in [-0.25, -0.2) is 8.42 Å². The third kappa shape index (κ3) is 5.71. The molecule has 2 rings (SSSR count). The molecule has 0 aliphatic carbocycles. The van der Waals surface area contributed by atoms with Gasteiger partial charge in [-0.3, -0.25) is 13.9 Å². The van der Waals surface area contributed by atoms with E-state index >= 15 is 0 Å². The van der Waals surface area contributed by atoms with Gasteiger partial charge in [-0.2, -0.15) is 0 Å². The zero-order chi connectivity index (χ0) is 18.4. The minimum absolute atomic E-state index is 0.108. The summed E-state index contributed by atoms with van der Waals surface area (Å²) >= 11 is 0. The lowest BCUT2D eigenvalue weighted by atomic mass is 10.2. The van der Waals surface area contributed by atoms with Crippen molar-refractivity contribution in [1.29, 1.82) is 0 Å². The van der Waals surface area contributed by atoms with Crippen LogP contribution < -0.4 is 14.9 Å². The van der Waals surface area contributed by atoms with Crippen molar-refractivity contribution in [2.24, 2.45) is 0 Å². The van der Waals surface area contributed by atoms with E-state index in [4.69, 9.17) is 4.74 Å². The predicted molar refractivity (Wildman–Crippen MR) is 94.9 cm³/mol. The fraction of sp³-hybridized carbons (Fsp3) is 0.500. The fourth-order valence-corrected chi connectivity index (χ4v) is 3.51. The van der Waals surface area contributed by atoms with Gasteiger partial charge in [-0.15, -0.1) is 0 Å². The minimum Gasteiger partial charge on any atom is -0.368 e. The summed E-state index contributed by atoms with van der Waals surface area (Å²) in [7, 11) is -3.51. The smallest absolute Gasteiger partial charge is 0.249 e. The number of nitrogens with zero attached hydrogens (tertiary/aromatic N) is 1. The maximum atomic E-state index is 12.0. The lowest BCUT2D eigenvalue weighted by Crippen LogP contribution is -2.41. The number of carbonyl (C=O) groups is 2. The highest BCUT2D eigenvalue weighted by Gasteiger charge is 2.24. The van der Waals surface area contributed by atoms with E-state index in [1.54, 1.807) is 24.3 Å². The average Bonchev–Trinajstić information content (AvgIpc) is 3.05. The summed E-state index contributed by atoms with van der Waals surface area (Å²) in [6.07, 6.45) is 2.21. The lowest BCUT2D eigenvalue weighted by molar-refractivity contribution is -0.129. The molecule has 25 heavy (non-hydrogen) atoms. The molecule has 138 valence electrons. The highest BCUT2D eigenvalue weighted by atomic mass is 32.2. The van der Waals surface area contributed by atoms with Crippen LogP contribution in [0.3, 0.4) is 0 Å². The highest BCUT2D eigenvalue weighted by molar-refractivity contribution is 7.92. The molecule has 0 bridgehead atoms. The molecule has 1 aromatic carbocycles. The SMILES string of the molecule is CC(=O)Nc1ccc(N(CCNC(=O)C2CCCO2)S(C)(=O)=O)cc1. The van der Waals surface area contributed by atoms with Gasteiger partial charge in [0.15, 0.2) is 0 Å². The molecular formula is C16H23N3O5S. The van der Waals surface area contributed by atoms with Gasteiger partial charge in [0.25, 0.3) is 0 Å². The van der Waals surface area contributed by atoms with Crippen LogP contribution in [0.1, 0.15) is 19.8 Å². The van der Waals surface area contributed by atoms with Gasteiger partial charge in [0, 0.05) is 25.8 Å². The molecule has 9 heteroatoms. The number of sulfonamides is 1. The number of hydrogen-bond acceptors (Lipinski definition) is 5. The first-order valence-electron chi connectivity index (χ1n) is 8.02. The number of amides is 2. The number of nitrogens with one attached hydrogen (secondary N) is 2. The van der Waals surface area contributed by atoms with Crippen molar-refractivity contribution in [2.45, 2.75) is 25.9 Å². The van der Waals surface area contributed by atoms with Crippen molar-refractivity contribution in [3.8, 4) is 0 Å². The summed E-state index contributed by atoms with van der Waals surface area (Å²) in [5.74, 6) is -0.420. The van der Waals surface area contributed by atoms with Crippen molar-refractivity contribution in [1.82, 2.24) is 5.32 Å². The van der Waals surface area contributed by atoms with Crippen LogP contribution in [0.15, 0.2) is 24.3 Å². The summed E-state index contributed by atoms with van der Waals surface area (Å²) in [5, 5.41) is 5.33. The molecule has 2 N–H and O–H groups in total. The summed E-state index contributed by atoms with van der Waals surface area (Å²) in [4.78, 5) is 23.0. The Kier molecular flexibility index (Phi) is 6.38. The number of hydrogen-bond donors (Lipinski definition) is 2. The van der Waals surface area contributed by atoms with Crippen LogP contribution in [0.25, 0.3) is 0 Å². The van der Waals surface area contributed by atoms with Gasteiger partial charge in [-0.1, -0.05) is 0 Å². The first-order valence-corrected chi connectivity index (χ1v) is 9.87. The van der Waals surface area contributed by atoms with Crippen molar-refractivity contribution in [3.63, 3.8) is 0 Å². The Morgan fingerprint density at radius 1 is 1.28 bits per heavy atom. The van der Waals surface area contributed by atoms with Gasteiger partial charge in [0.1, 0.15) is 6.10 Å². The Balaban J connectivity index is 1.99.